The molecule has 5 nitrogen and oxygen atoms in total. The van der Waals surface area contributed by atoms with E-state index in [0.29, 0.717) is 5.69 Å². The van der Waals surface area contributed by atoms with Crippen LogP contribution in [0, 0.1) is 0 Å². The SMILES string of the molecule is CNS(=O)(=O)c1ccc(N(C)C(C)=O)cc1. The van der Waals surface area contributed by atoms with E-state index in [2.05, 4.69) is 4.72 Å². The number of rotatable bonds is 3. The van der Waals surface area contributed by atoms with Gasteiger partial charge in [0.1, 0.15) is 0 Å². The first kappa shape index (κ1) is 12.7. The number of benzene rings is 1. The maximum absolute atomic E-state index is 11.4. The molecule has 0 radical (unpaired) electrons. The second kappa shape index (κ2) is 4.63. The molecule has 0 aliphatic carbocycles. The molecule has 0 aromatic heterocycles. The molecule has 0 heterocycles. The minimum Gasteiger partial charge on any atom is -0.316 e. The standard InChI is InChI=1S/C10H14N2O3S/c1-8(13)12(3)9-4-6-10(7-5-9)16(14,15)11-2/h4-7,11H,1-3H3. The molecular weight excluding hydrogens is 228 g/mol. The van der Waals surface area contributed by atoms with Crippen molar-refractivity contribution in [1.29, 1.82) is 0 Å². The molecule has 0 saturated carbocycles. The lowest BCUT2D eigenvalue weighted by Gasteiger charge is -2.15. The van der Waals surface area contributed by atoms with E-state index in [1.165, 1.54) is 31.0 Å². The van der Waals surface area contributed by atoms with Crippen LogP contribution in [0.1, 0.15) is 6.92 Å². The van der Waals surface area contributed by atoms with Crippen molar-refractivity contribution < 1.29 is 13.2 Å². The average Bonchev–Trinajstić information content (AvgIpc) is 2.28. The van der Waals surface area contributed by atoms with Gasteiger partial charge in [-0.25, -0.2) is 13.1 Å². The van der Waals surface area contributed by atoms with Gasteiger partial charge in [-0.3, -0.25) is 4.79 Å². The predicted molar refractivity (Wildman–Crippen MR) is 61.8 cm³/mol. The number of nitrogens with zero attached hydrogens (tertiary/aromatic N) is 1. The first-order valence-electron chi connectivity index (χ1n) is 4.66. The average molecular weight is 242 g/mol. The lowest BCUT2D eigenvalue weighted by atomic mass is 10.3. The van der Waals surface area contributed by atoms with E-state index in [1.54, 1.807) is 19.2 Å². The highest BCUT2D eigenvalue weighted by atomic mass is 32.2. The highest BCUT2D eigenvalue weighted by Crippen LogP contribution is 2.16. The molecule has 0 aliphatic rings. The fourth-order valence-electron chi connectivity index (χ4n) is 1.15. The van der Waals surface area contributed by atoms with Crippen molar-refractivity contribution >= 4 is 21.6 Å². The maximum atomic E-state index is 11.4. The number of carbonyl (C=O) groups is 1. The van der Waals surface area contributed by atoms with Gasteiger partial charge in [-0.2, -0.15) is 0 Å². The summed E-state index contributed by atoms with van der Waals surface area (Å²) in [7, 11) is -0.433. The van der Waals surface area contributed by atoms with Crippen molar-refractivity contribution in [3.05, 3.63) is 24.3 Å². The molecular formula is C10H14N2O3S. The lowest BCUT2D eigenvalue weighted by Crippen LogP contribution is -2.23. The van der Waals surface area contributed by atoms with Crippen LogP contribution >= 0.6 is 0 Å². The van der Waals surface area contributed by atoms with Crippen LogP contribution in [-0.4, -0.2) is 28.4 Å². The Kier molecular flexibility index (Phi) is 3.66. The number of sulfonamides is 1. The summed E-state index contributed by atoms with van der Waals surface area (Å²) in [6.45, 7) is 1.44. The Morgan fingerprint density at radius 2 is 1.75 bits per heavy atom. The summed E-state index contributed by atoms with van der Waals surface area (Å²) in [5, 5.41) is 0. The molecule has 88 valence electrons. The molecule has 1 aromatic carbocycles. The summed E-state index contributed by atoms with van der Waals surface area (Å²) >= 11 is 0. The highest BCUT2D eigenvalue weighted by molar-refractivity contribution is 7.89. The molecule has 16 heavy (non-hydrogen) atoms. The number of hydrogen-bond donors (Lipinski definition) is 1. The van der Waals surface area contributed by atoms with E-state index in [9.17, 15) is 13.2 Å². The Balaban J connectivity index is 3.05. The van der Waals surface area contributed by atoms with Crippen LogP contribution in [-0.2, 0) is 14.8 Å². The number of anilines is 1. The molecule has 0 aliphatic heterocycles. The fourth-order valence-corrected chi connectivity index (χ4v) is 1.88. The van der Waals surface area contributed by atoms with Gasteiger partial charge < -0.3 is 4.90 Å². The van der Waals surface area contributed by atoms with Crippen LogP contribution in [0.15, 0.2) is 29.2 Å². The zero-order chi connectivity index (χ0) is 12.3. The molecule has 0 saturated heterocycles. The van der Waals surface area contributed by atoms with Crippen molar-refractivity contribution in [1.82, 2.24) is 4.72 Å². The molecule has 1 rings (SSSR count). The third-order valence-corrected chi connectivity index (χ3v) is 3.71. The van der Waals surface area contributed by atoms with Crippen LogP contribution in [0.25, 0.3) is 0 Å². The van der Waals surface area contributed by atoms with Gasteiger partial charge in [0, 0.05) is 19.7 Å². The largest absolute Gasteiger partial charge is 0.316 e. The van der Waals surface area contributed by atoms with E-state index in [4.69, 9.17) is 0 Å². The minimum absolute atomic E-state index is 0.107. The third-order valence-electron chi connectivity index (χ3n) is 2.28. The van der Waals surface area contributed by atoms with Gasteiger partial charge in [0.15, 0.2) is 0 Å². The Hall–Kier alpha value is -1.40. The van der Waals surface area contributed by atoms with E-state index < -0.39 is 10.0 Å². The fraction of sp³-hybridized carbons (Fsp3) is 0.300. The van der Waals surface area contributed by atoms with Crippen molar-refractivity contribution in [2.75, 3.05) is 19.0 Å². The Bertz CT molecular complexity index is 479. The van der Waals surface area contributed by atoms with Gasteiger partial charge in [-0.15, -0.1) is 0 Å². The van der Waals surface area contributed by atoms with Crippen molar-refractivity contribution in [3.8, 4) is 0 Å². The number of nitrogens with one attached hydrogen (secondary N) is 1. The number of carbonyl (C=O) groups excluding carboxylic acids is 1. The van der Waals surface area contributed by atoms with Crippen LogP contribution in [0.4, 0.5) is 5.69 Å². The normalized spacial score (nSPS) is 11.2. The molecule has 0 spiro atoms. The summed E-state index contributed by atoms with van der Waals surface area (Å²) in [6.07, 6.45) is 0. The summed E-state index contributed by atoms with van der Waals surface area (Å²) in [6, 6.07) is 6.10. The van der Waals surface area contributed by atoms with Gasteiger partial charge in [-0.05, 0) is 31.3 Å². The second-order valence-corrected chi connectivity index (χ2v) is 5.17. The smallest absolute Gasteiger partial charge is 0.240 e. The van der Waals surface area contributed by atoms with Crippen LogP contribution in [0.5, 0.6) is 0 Å². The van der Waals surface area contributed by atoms with E-state index in [1.807, 2.05) is 0 Å². The van der Waals surface area contributed by atoms with Crippen molar-refractivity contribution in [2.45, 2.75) is 11.8 Å². The van der Waals surface area contributed by atoms with Gasteiger partial charge in [0.05, 0.1) is 4.90 Å². The second-order valence-electron chi connectivity index (χ2n) is 3.28. The number of hydrogen-bond acceptors (Lipinski definition) is 3. The molecule has 1 aromatic rings. The first-order chi connectivity index (χ1) is 7.38. The van der Waals surface area contributed by atoms with Gasteiger partial charge >= 0.3 is 0 Å². The Labute approximate surface area is 95.1 Å². The minimum atomic E-state index is -3.41. The quantitative estimate of drug-likeness (QED) is 0.843. The Morgan fingerprint density at radius 1 is 1.25 bits per heavy atom. The van der Waals surface area contributed by atoms with Crippen LogP contribution < -0.4 is 9.62 Å². The summed E-state index contributed by atoms with van der Waals surface area (Å²) in [4.78, 5) is 12.7. The Morgan fingerprint density at radius 3 is 2.12 bits per heavy atom. The molecule has 0 fully saturated rings. The van der Waals surface area contributed by atoms with Gasteiger partial charge in [-0.1, -0.05) is 0 Å². The van der Waals surface area contributed by atoms with Gasteiger partial charge in [0.25, 0.3) is 0 Å². The van der Waals surface area contributed by atoms with Crippen molar-refractivity contribution in [3.63, 3.8) is 0 Å². The molecule has 1 N–H and O–H groups in total. The summed E-state index contributed by atoms with van der Waals surface area (Å²) in [5.74, 6) is -0.107. The highest BCUT2D eigenvalue weighted by Gasteiger charge is 2.12. The first-order valence-corrected chi connectivity index (χ1v) is 6.14. The van der Waals surface area contributed by atoms with E-state index in [0.717, 1.165) is 0 Å². The maximum Gasteiger partial charge on any atom is 0.240 e. The summed E-state index contributed by atoms with van der Waals surface area (Å²) < 4.78 is 25.1. The van der Waals surface area contributed by atoms with Crippen LogP contribution in [0.3, 0.4) is 0 Å². The number of amides is 1. The molecule has 0 unspecified atom stereocenters. The summed E-state index contributed by atoms with van der Waals surface area (Å²) in [5.41, 5.74) is 0.655. The zero-order valence-electron chi connectivity index (χ0n) is 9.39. The van der Waals surface area contributed by atoms with E-state index >= 15 is 0 Å². The monoisotopic (exact) mass is 242 g/mol. The molecule has 1 amide bonds. The molecule has 0 atom stereocenters. The van der Waals surface area contributed by atoms with Crippen molar-refractivity contribution in [2.24, 2.45) is 0 Å². The molecule has 0 bridgehead atoms. The van der Waals surface area contributed by atoms with Gasteiger partial charge in [0.2, 0.25) is 15.9 Å². The van der Waals surface area contributed by atoms with E-state index in [-0.39, 0.29) is 10.8 Å². The zero-order valence-corrected chi connectivity index (χ0v) is 10.2. The molecule has 6 heteroatoms. The topological polar surface area (TPSA) is 66.5 Å². The predicted octanol–water partition coefficient (Wildman–Crippen LogP) is 0.577. The van der Waals surface area contributed by atoms with Crippen LogP contribution in [0.2, 0.25) is 0 Å². The lowest BCUT2D eigenvalue weighted by molar-refractivity contribution is -0.116. The third kappa shape index (κ3) is 2.59.